The van der Waals surface area contributed by atoms with Crippen LogP contribution in [0.1, 0.15) is 30.4 Å². The van der Waals surface area contributed by atoms with Gasteiger partial charge in [-0.3, -0.25) is 0 Å². The molecule has 2 aromatic carbocycles. The molecule has 0 heteroatoms. The van der Waals surface area contributed by atoms with Crippen molar-refractivity contribution < 1.29 is 0 Å². The highest BCUT2D eigenvalue weighted by Crippen LogP contribution is 2.52. The number of hydrogen-bond acceptors (Lipinski definition) is 0. The van der Waals surface area contributed by atoms with Crippen LogP contribution in [0.4, 0.5) is 0 Å². The topological polar surface area (TPSA) is 0 Å². The fraction of sp³-hybridized carbons (Fsp3) is 0.238. The zero-order chi connectivity index (χ0) is 14.1. The third-order valence-electron chi connectivity index (χ3n) is 4.89. The van der Waals surface area contributed by atoms with Crippen molar-refractivity contribution in [2.75, 3.05) is 0 Å². The Morgan fingerprint density at radius 1 is 0.619 bits per heavy atom. The molecule has 2 saturated carbocycles. The Labute approximate surface area is 126 Å². The first-order valence-corrected chi connectivity index (χ1v) is 7.94. The molecule has 0 radical (unpaired) electrons. The second kappa shape index (κ2) is 5.37. The summed E-state index contributed by atoms with van der Waals surface area (Å²) in [6.45, 7) is 0. The van der Waals surface area contributed by atoms with E-state index < -0.39 is 0 Å². The summed E-state index contributed by atoms with van der Waals surface area (Å²) in [6.07, 6.45) is 8.93. The lowest BCUT2D eigenvalue weighted by Gasteiger charge is -2.18. The molecule has 0 aliphatic heterocycles. The van der Waals surface area contributed by atoms with Crippen LogP contribution in [0.5, 0.6) is 0 Å². The van der Waals surface area contributed by atoms with Gasteiger partial charge >= 0.3 is 0 Å². The average molecular weight is 272 g/mol. The molecule has 0 nitrogen and oxygen atoms in total. The SMILES string of the molecule is C(=C1\C(=C\c2ccccc2)C2CCC1C2)/c1ccccc1. The molecule has 0 amide bonds. The van der Waals surface area contributed by atoms with Gasteiger partial charge in [-0.2, -0.15) is 0 Å². The standard InChI is InChI=1S/C21H20/c1-3-7-16(8-4-1)13-20-18-11-12-19(15-18)21(20)14-17-9-5-2-6-10-17/h1-10,13-14,18-19H,11-12,15H2/b20-13+,21-14+. The van der Waals surface area contributed by atoms with Crippen LogP contribution in [0.3, 0.4) is 0 Å². The Balaban J connectivity index is 1.75. The second-order valence-corrected chi connectivity index (χ2v) is 6.23. The minimum atomic E-state index is 0.783. The van der Waals surface area contributed by atoms with Crippen molar-refractivity contribution in [3.8, 4) is 0 Å². The fourth-order valence-corrected chi connectivity index (χ4v) is 3.88. The monoisotopic (exact) mass is 272 g/mol. The number of allylic oxidation sites excluding steroid dienone is 2. The predicted octanol–water partition coefficient (Wildman–Crippen LogP) is 5.58. The van der Waals surface area contributed by atoms with Crippen LogP contribution in [0.2, 0.25) is 0 Å². The van der Waals surface area contributed by atoms with Crippen LogP contribution in [-0.2, 0) is 0 Å². The van der Waals surface area contributed by atoms with E-state index in [4.69, 9.17) is 0 Å². The maximum atomic E-state index is 2.42. The van der Waals surface area contributed by atoms with Gasteiger partial charge < -0.3 is 0 Å². The van der Waals surface area contributed by atoms with E-state index in [1.807, 2.05) is 0 Å². The third kappa shape index (κ3) is 2.47. The van der Waals surface area contributed by atoms with Gasteiger partial charge in [0.05, 0.1) is 0 Å². The molecule has 2 atom stereocenters. The molecule has 4 rings (SSSR count). The molecule has 0 heterocycles. The normalized spacial score (nSPS) is 27.6. The van der Waals surface area contributed by atoms with E-state index in [0.29, 0.717) is 0 Å². The van der Waals surface area contributed by atoms with Crippen molar-refractivity contribution in [3.05, 3.63) is 82.9 Å². The smallest absolute Gasteiger partial charge is 0.0153 e. The minimum Gasteiger partial charge on any atom is -0.0622 e. The summed E-state index contributed by atoms with van der Waals surface area (Å²) in [7, 11) is 0. The van der Waals surface area contributed by atoms with Gasteiger partial charge in [-0.1, -0.05) is 72.8 Å². The van der Waals surface area contributed by atoms with Crippen molar-refractivity contribution in [2.45, 2.75) is 19.3 Å². The summed E-state index contributed by atoms with van der Waals surface area (Å²) in [4.78, 5) is 0. The Hall–Kier alpha value is -2.08. The molecule has 0 N–H and O–H groups in total. The largest absolute Gasteiger partial charge is 0.0622 e. The summed E-state index contributed by atoms with van der Waals surface area (Å²) < 4.78 is 0. The lowest BCUT2D eigenvalue weighted by molar-refractivity contribution is 0.660. The van der Waals surface area contributed by atoms with E-state index in [0.717, 1.165) is 11.8 Å². The van der Waals surface area contributed by atoms with Gasteiger partial charge in [0.2, 0.25) is 0 Å². The van der Waals surface area contributed by atoms with Gasteiger partial charge in [0.25, 0.3) is 0 Å². The average Bonchev–Trinajstić information content (AvgIpc) is 3.13. The summed E-state index contributed by atoms with van der Waals surface area (Å²) in [5.41, 5.74) is 5.83. The van der Waals surface area contributed by atoms with E-state index in [9.17, 15) is 0 Å². The highest BCUT2D eigenvalue weighted by atomic mass is 14.4. The van der Waals surface area contributed by atoms with E-state index in [1.165, 1.54) is 30.4 Å². The molecule has 2 aromatic rings. The van der Waals surface area contributed by atoms with Crippen LogP contribution in [0.15, 0.2) is 71.8 Å². The number of rotatable bonds is 2. The summed E-state index contributed by atoms with van der Waals surface area (Å²) in [6, 6.07) is 21.5. The molecule has 2 aliphatic carbocycles. The molecule has 2 fully saturated rings. The third-order valence-corrected chi connectivity index (χ3v) is 4.89. The van der Waals surface area contributed by atoms with Gasteiger partial charge in [-0.15, -0.1) is 0 Å². The van der Waals surface area contributed by atoms with Crippen LogP contribution < -0.4 is 0 Å². The van der Waals surface area contributed by atoms with E-state index in [2.05, 4.69) is 72.8 Å². The molecule has 2 bridgehead atoms. The Kier molecular flexibility index (Phi) is 3.23. The summed E-state index contributed by atoms with van der Waals surface area (Å²) in [5.74, 6) is 1.57. The second-order valence-electron chi connectivity index (χ2n) is 6.23. The van der Waals surface area contributed by atoms with Crippen LogP contribution in [-0.4, -0.2) is 0 Å². The van der Waals surface area contributed by atoms with Gasteiger partial charge in [0, 0.05) is 0 Å². The molecule has 0 spiro atoms. The quantitative estimate of drug-likeness (QED) is 0.669. The zero-order valence-corrected chi connectivity index (χ0v) is 12.2. The van der Waals surface area contributed by atoms with Crippen molar-refractivity contribution in [1.29, 1.82) is 0 Å². The highest BCUT2D eigenvalue weighted by molar-refractivity contribution is 5.69. The summed E-state index contributed by atoms with van der Waals surface area (Å²) >= 11 is 0. The van der Waals surface area contributed by atoms with Gasteiger partial charge in [-0.05, 0) is 53.4 Å². The predicted molar refractivity (Wildman–Crippen MR) is 89.7 cm³/mol. The van der Waals surface area contributed by atoms with Gasteiger partial charge in [0.1, 0.15) is 0 Å². The van der Waals surface area contributed by atoms with Crippen molar-refractivity contribution >= 4 is 12.2 Å². The highest BCUT2D eigenvalue weighted by Gasteiger charge is 2.39. The van der Waals surface area contributed by atoms with Crippen LogP contribution in [0.25, 0.3) is 12.2 Å². The Morgan fingerprint density at radius 2 is 1.05 bits per heavy atom. The summed E-state index contributed by atoms with van der Waals surface area (Å²) in [5, 5.41) is 0. The first kappa shape index (κ1) is 12.6. The minimum absolute atomic E-state index is 0.783. The number of hydrogen-bond donors (Lipinski definition) is 0. The van der Waals surface area contributed by atoms with Crippen molar-refractivity contribution in [1.82, 2.24) is 0 Å². The van der Waals surface area contributed by atoms with Gasteiger partial charge in [0.15, 0.2) is 0 Å². The van der Waals surface area contributed by atoms with E-state index in [-0.39, 0.29) is 0 Å². The molecular formula is C21H20. The van der Waals surface area contributed by atoms with E-state index >= 15 is 0 Å². The zero-order valence-electron chi connectivity index (χ0n) is 12.2. The van der Waals surface area contributed by atoms with Crippen molar-refractivity contribution in [3.63, 3.8) is 0 Å². The number of fused-ring (bicyclic) bond motifs is 2. The van der Waals surface area contributed by atoms with Gasteiger partial charge in [-0.25, -0.2) is 0 Å². The molecule has 21 heavy (non-hydrogen) atoms. The Bertz CT molecular complexity index is 615. The molecule has 2 unspecified atom stereocenters. The maximum Gasteiger partial charge on any atom is -0.0153 e. The molecular weight excluding hydrogens is 252 g/mol. The molecule has 0 saturated heterocycles. The lowest BCUT2D eigenvalue weighted by atomic mass is 9.87. The fourth-order valence-electron chi connectivity index (χ4n) is 3.88. The number of benzene rings is 2. The lowest BCUT2D eigenvalue weighted by Crippen LogP contribution is -2.02. The Morgan fingerprint density at radius 3 is 1.48 bits per heavy atom. The first-order chi connectivity index (χ1) is 10.4. The van der Waals surface area contributed by atoms with E-state index in [1.54, 1.807) is 11.1 Å². The van der Waals surface area contributed by atoms with Crippen molar-refractivity contribution in [2.24, 2.45) is 11.8 Å². The van der Waals surface area contributed by atoms with Crippen LogP contribution >= 0.6 is 0 Å². The molecule has 2 aliphatic rings. The molecule has 104 valence electrons. The van der Waals surface area contributed by atoms with Crippen LogP contribution in [0, 0.1) is 11.8 Å². The maximum absolute atomic E-state index is 2.42. The first-order valence-electron chi connectivity index (χ1n) is 7.94. The molecule has 0 aromatic heterocycles.